The van der Waals surface area contributed by atoms with Gasteiger partial charge in [-0.15, -0.1) is 0 Å². The van der Waals surface area contributed by atoms with Gasteiger partial charge < -0.3 is 10.1 Å². The van der Waals surface area contributed by atoms with E-state index in [9.17, 15) is 14.9 Å². The summed E-state index contributed by atoms with van der Waals surface area (Å²) >= 11 is 0. The first kappa shape index (κ1) is 21.6. The van der Waals surface area contributed by atoms with Crippen LogP contribution >= 0.6 is 0 Å². The highest BCUT2D eigenvalue weighted by Gasteiger charge is 2.08. The number of rotatable bonds is 8. The first-order valence-corrected chi connectivity index (χ1v) is 9.48. The van der Waals surface area contributed by atoms with E-state index >= 15 is 0 Å². The van der Waals surface area contributed by atoms with Gasteiger partial charge in [-0.2, -0.15) is 5.26 Å². The highest BCUT2D eigenvalue weighted by atomic mass is 16.5. The predicted molar refractivity (Wildman–Crippen MR) is 114 cm³/mol. The summed E-state index contributed by atoms with van der Waals surface area (Å²) in [6.07, 6.45) is 6.39. The number of hydrogen-bond donors (Lipinski definition) is 1. The Balaban J connectivity index is 1.96. The van der Waals surface area contributed by atoms with Crippen LogP contribution in [0.25, 0.3) is 12.2 Å². The van der Waals surface area contributed by atoms with Crippen LogP contribution in [0.5, 0.6) is 5.75 Å². The van der Waals surface area contributed by atoms with E-state index in [-0.39, 0.29) is 5.57 Å². The van der Waals surface area contributed by atoms with E-state index in [1.807, 2.05) is 44.2 Å². The maximum Gasteiger partial charge on any atom is 0.336 e. The van der Waals surface area contributed by atoms with E-state index in [0.717, 1.165) is 24.0 Å². The van der Waals surface area contributed by atoms with Crippen molar-refractivity contribution in [1.29, 1.82) is 5.26 Å². The molecular weight excluding hydrogens is 364 g/mol. The van der Waals surface area contributed by atoms with Gasteiger partial charge in [0.05, 0.1) is 0 Å². The highest BCUT2D eigenvalue weighted by molar-refractivity contribution is 6.01. The lowest BCUT2D eigenvalue weighted by Gasteiger charge is -2.04. The van der Waals surface area contributed by atoms with E-state index in [2.05, 4.69) is 5.32 Å². The maximum absolute atomic E-state index is 12.0. The fourth-order valence-electron chi connectivity index (χ4n) is 2.41. The quantitative estimate of drug-likeness (QED) is 0.238. The topological polar surface area (TPSA) is 79.2 Å². The number of benzene rings is 2. The Morgan fingerprint density at radius 3 is 2.34 bits per heavy atom. The van der Waals surface area contributed by atoms with Gasteiger partial charge in [-0.25, -0.2) is 4.79 Å². The van der Waals surface area contributed by atoms with Crippen molar-refractivity contribution in [1.82, 2.24) is 5.32 Å². The van der Waals surface area contributed by atoms with Crippen LogP contribution in [0, 0.1) is 18.3 Å². The van der Waals surface area contributed by atoms with Crippen molar-refractivity contribution in [2.75, 3.05) is 6.54 Å². The Bertz CT molecular complexity index is 934. The number of nitrogens with one attached hydrogen (secondary N) is 1. The molecule has 2 aromatic carbocycles. The first-order valence-electron chi connectivity index (χ1n) is 9.48. The molecule has 0 saturated carbocycles. The molecule has 0 bridgehead atoms. The molecule has 0 aliphatic carbocycles. The molecule has 2 aromatic rings. The van der Waals surface area contributed by atoms with E-state index in [0.29, 0.717) is 17.9 Å². The molecule has 0 saturated heterocycles. The van der Waals surface area contributed by atoms with Crippen molar-refractivity contribution in [3.63, 3.8) is 0 Å². The van der Waals surface area contributed by atoms with E-state index in [4.69, 9.17) is 4.74 Å². The van der Waals surface area contributed by atoms with Crippen LogP contribution in [-0.2, 0) is 9.59 Å². The Hall–Kier alpha value is -3.65. The second-order valence-electron chi connectivity index (χ2n) is 6.51. The molecule has 0 unspecified atom stereocenters. The number of esters is 1. The largest absolute Gasteiger partial charge is 0.423 e. The molecule has 1 N–H and O–H groups in total. The molecule has 0 atom stereocenters. The Labute approximate surface area is 171 Å². The Morgan fingerprint density at radius 1 is 1.07 bits per heavy atom. The lowest BCUT2D eigenvalue weighted by molar-refractivity contribution is -0.128. The van der Waals surface area contributed by atoms with Crippen molar-refractivity contribution in [3.8, 4) is 11.8 Å². The van der Waals surface area contributed by atoms with Gasteiger partial charge in [0.15, 0.2) is 0 Å². The third kappa shape index (κ3) is 7.47. The molecule has 1 amide bonds. The van der Waals surface area contributed by atoms with Crippen LogP contribution in [0.1, 0.15) is 36.5 Å². The molecule has 148 valence electrons. The summed E-state index contributed by atoms with van der Waals surface area (Å²) in [5.74, 6) is -0.494. The van der Waals surface area contributed by atoms with Crippen molar-refractivity contribution < 1.29 is 14.3 Å². The van der Waals surface area contributed by atoms with Gasteiger partial charge in [-0.05, 0) is 48.8 Å². The zero-order valence-corrected chi connectivity index (χ0v) is 16.6. The molecule has 0 radical (unpaired) electrons. The van der Waals surface area contributed by atoms with Gasteiger partial charge in [0.2, 0.25) is 0 Å². The van der Waals surface area contributed by atoms with Gasteiger partial charge in [-0.3, -0.25) is 4.79 Å². The summed E-state index contributed by atoms with van der Waals surface area (Å²) in [6.45, 7) is 4.57. The van der Waals surface area contributed by atoms with Crippen molar-refractivity contribution in [3.05, 3.63) is 76.9 Å². The van der Waals surface area contributed by atoms with Gasteiger partial charge in [0.25, 0.3) is 5.91 Å². The number of nitrogens with zero attached hydrogens (tertiary/aromatic N) is 1. The summed E-state index contributed by atoms with van der Waals surface area (Å²) in [4.78, 5) is 24.0. The van der Waals surface area contributed by atoms with Crippen molar-refractivity contribution >= 4 is 24.0 Å². The summed E-state index contributed by atoms with van der Waals surface area (Å²) in [5.41, 5.74) is 2.76. The number of ether oxygens (including phenoxy) is 1. The lowest BCUT2D eigenvalue weighted by Crippen LogP contribution is -2.25. The van der Waals surface area contributed by atoms with Gasteiger partial charge in [0, 0.05) is 12.6 Å². The molecule has 5 heteroatoms. The normalized spacial score (nSPS) is 11.1. The predicted octanol–water partition coefficient (Wildman–Crippen LogP) is 4.44. The number of carbonyl (C=O) groups excluding carboxylic acids is 2. The third-order valence-corrected chi connectivity index (χ3v) is 4.08. The minimum Gasteiger partial charge on any atom is -0.423 e. The van der Waals surface area contributed by atoms with Crippen LogP contribution in [-0.4, -0.2) is 18.4 Å². The molecule has 0 aromatic heterocycles. The molecule has 0 spiro atoms. The zero-order valence-electron chi connectivity index (χ0n) is 16.6. The van der Waals surface area contributed by atoms with E-state index in [1.165, 1.54) is 12.2 Å². The van der Waals surface area contributed by atoms with Crippen LogP contribution in [0.15, 0.2) is 60.2 Å². The molecular formula is C24H24N2O3. The van der Waals surface area contributed by atoms with Crippen molar-refractivity contribution in [2.45, 2.75) is 26.7 Å². The monoisotopic (exact) mass is 388 g/mol. The fraction of sp³-hybridized carbons (Fsp3) is 0.208. The van der Waals surface area contributed by atoms with Crippen LogP contribution in [0.4, 0.5) is 0 Å². The second-order valence-corrected chi connectivity index (χ2v) is 6.51. The minimum atomic E-state index is -0.484. The fourth-order valence-corrected chi connectivity index (χ4v) is 2.41. The number of aryl methyl sites for hydroxylation is 1. The molecule has 0 fully saturated rings. The van der Waals surface area contributed by atoms with Crippen LogP contribution < -0.4 is 10.1 Å². The zero-order chi connectivity index (χ0) is 21.1. The minimum absolute atomic E-state index is 0.0341. The van der Waals surface area contributed by atoms with Gasteiger partial charge >= 0.3 is 5.97 Å². The number of hydrogen-bond acceptors (Lipinski definition) is 4. The maximum atomic E-state index is 12.0. The molecule has 5 nitrogen and oxygen atoms in total. The average molecular weight is 388 g/mol. The number of amides is 1. The third-order valence-electron chi connectivity index (χ3n) is 4.08. The van der Waals surface area contributed by atoms with E-state index < -0.39 is 11.9 Å². The number of nitriles is 1. The van der Waals surface area contributed by atoms with Crippen LogP contribution in [0.2, 0.25) is 0 Å². The van der Waals surface area contributed by atoms with Gasteiger partial charge in [-0.1, -0.05) is 55.3 Å². The molecule has 2 rings (SSSR count). The smallest absolute Gasteiger partial charge is 0.336 e. The summed E-state index contributed by atoms with van der Waals surface area (Å²) < 4.78 is 5.27. The van der Waals surface area contributed by atoms with Crippen molar-refractivity contribution in [2.24, 2.45) is 0 Å². The summed E-state index contributed by atoms with van der Waals surface area (Å²) in [5, 5.41) is 11.9. The standard InChI is InChI=1S/C24H24N2O3/c1-3-4-15-26-24(28)21(17-25)16-20-9-12-22(13-10-20)29-23(27)14-11-19-7-5-18(2)6-8-19/h5-14,16H,3-4,15H2,1-2H3,(H,26,28)/b14-11+,21-16+. The number of carbonyl (C=O) groups is 2. The van der Waals surface area contributed by atoms with Crippen LogP contribution in [0.3, 0.4) is 0 Å². The first-order chi connectivity index (χ1) is 14.0. The van der Waals surface area contributed by atoms with E-state index in [1.54, 1.807) is 30.3 Å². The SMILES string of the molecule is CCCCNC(=O)/C(C#N)=C/c1ccc(OC(=O)/C=C/c2ccc(C)cc2)cc1. The lowest BCUT2D eigenvalue weighted by atomic mass is 10.1. The Morgan fingerprint density at radius 2 is 1.72 bits per heavy atom. The highest BCUT2D eigenvalue weighted by Crippen LogP contribution is 2.15. The summed E-state index contributed by atoms with van der Waals surface area (Å²) in [6, 6.07) is 16.3. The molecule has 0 heterocycles. The Kier molecular flexibility index (Phi) is 8.40. The molecule has 0 aliphatic rings. The van der Waals surface area contributed by atoms with Gasteiger partial charge in [0.1, 0.15) is 17.4 Å². The molecule has 0 aliphatic heterocycles. The summed E-state index contributed by atoms with van der Waals surface area (Å²) in [7, 11) is 0. The second kappa shape index (κ2) is 11.3. The number of unbranched alkanes of at least 4 members (excludes halogenated alkanes) is 1. The average Bonchev–Trinajstić information content (AvgIpc) is 2.73. The molecule has 29 heavy (non-hydrogen) atoms.